The van der Waals surface area contributed by atoms with Crippen LogP contribution in [-0.2, 0) is 4.79 Å². The van der Waals surface area contributed by atoms with Gasteiger partial charge in [0.2, 0.25) is 5.91 Å². The molecule has 0 heterocycles. The van der Waals surface area contributed by atoms with Crippen LogP contribution in [0.2, 0.25) is 0 Å². The van der Waals surface area contributed by atoms with Gasteiger partial charge in [-0.2, -0.15) is 0 Å². The second kappa shape index (κ2) is 20.0. The summed E-state index contributed by atoms with van der Waals surface area (Å²) in [5.74, 6) is 0.0238. The van der Waals surface area contributed by atoms with Crippen molar-refractivity contribution in [3.63, 3.8) is 0 Å². The van der Waals surface area contributed by atoms with Crippen LogP contribution in [0.15, 0.2) is 36.5 Å². The number of carbonyl (C=O) groups excluding carboxylic acids is 1. The number of amides is 1. The first-order valence-electron chi connectivity index (χ1n) is 10.6. The third-order valence-corrected chi connectivity index (χ3v) is 4.19. The van der Waals surface area contributed by atoms with Gasteiger partial charge in [-0.05, 0) is 64.7 Å². The minimum atomic E-state index is -0.148. The Morgan fingerprint density at radius 3 is 1.88 bits per heavy atom. The number of hydrogen-bond donors (Lipinski definition) is 2. The molecule has 0 spiro atoms. The third-order valence-electron chi connectivity index (χ3n) is 4.19. The Kier molecular flexibility index (Phi) is 18.9. The Morgan fingerprint density at radius 1 is 0.846 bits per heavy atom. The summed E-state index contributed by atoms with van der Waals surface area (Å²) < 4.78 is 0. The fraction of sp³-hybridized carbons (Fsp3) is 0.696. The number of rotatable bonds is 17. The maximum Gasteiger partial charge on any atom is 0.220 e. The maximum atomic E-state index is 11.5. The van der Waals surface area contributed by atoms with Gasteiger partial charge in [0, 0.05) is 12.5 Å². The molecule has 2 N–H and O–H groups in total. The predicted octanol–water partition coefficient (Wildman–Crippen LogP) is 5.85. The number of carbonyl (C=O) groups is 1. The van der Waals surface area contributed by atoms with Crippen LogP contribution in [0.4, 0.5) is 0 Å². The van der Waals surface area contributed by atoms with Crippen LogP contribution in [-0.4, -0.2) is 23.7 Å². The molecule has 3 heteroatoms. The second-order valence-corrected chi connectivity index (χ2v) is 6.97. The Bertz CT molecular complexity index is 399. The molecule has 0 saturated carbocycles. The SMILES string of the molecule is CCCCC/C=C\CCCC/C=C\C/C=C\CCCC(=O)N[C@H](C)CO. The van der Waals surface area contributed by atoms with Crippen LogP contribution < -0.4 is 5.32 Å². The highest BCUT2D eigenvalue weighted by Gasteiger charge is 2.04. The van der Waals surface area contributed by atoms with Crippen molar-refractivity contribution in [2.45, 2.75) is 96.9 Å². The van der Waals surface area contributed by atoms with E-state index in [2.05, 4.69) is 48.7 Å². The largest absolute Gasteiger partial charge is 0.394 e. The molecule has 0 aromatic heterocycles. The Hall–Kier alpha value is -1.35. The normalized spacial score (nSPS) is 13.2. The summed E-state index contributed by atoms with van der Waals surface area (Å²) in [4.78, 5) is 11.5. The molecule has 0 rings (SSSR count). The summed E-state index contributed by atoms with van der Waals surface area (Å²) in [5, 5.41) is 11.6. The van der Waals surface area contributed by atoms with Crippen LogP contribution >= 0.6 is 0 Å². The van der Waals surface area contributed by atoms with Crippen molar-refractivity contribution in [1.29, 1.82) is 0 Å². The zero-order chi connectivity index (χ0) is 19.3. The summed E-state index contributed by atoms with van der Waals surface area (Å²) >= 11 is 0. The molecule has 26 heavy (non-hydrogen) atoms. The minimum absolute atomic E-state index is 0.00622. The van der Waals surface area contributed by atoms with Gasteiger partial charge in [0.15, 0.2) is 0 Å². The fourth-order valence-corrected chi connectivity index (χ4v) is 2.55. The van der Waals surface area contributed by atoms with E-state index in [9.17, 15) is 4.79 Å². The summed E-state index contributed by atoms with van der Waals surface area (Å²) in [6.07, 6.45) is 26.9. The number of hydrogen-bond acceptors (Lipinski definition) is 2. The molecule has 150 valence electrons. The van der Waals surface area contributed by atoms with Gasteiger partial charge in [0.1, 0.15) is 0 Å². The van der Waals surface area contributed by atoms with Gasteiger partial charge in [0.25, 0.3) is 0 Å². The molecule has 0 aromatic rings. The lowest BCUT2D eigenvalue weighted by atomic mass is 10.1. The average molecular weight is 364 g/mol. The first-order valence-corrected chi connectivity index (χ1v) is 10.6. The van der Waals surface area contributed by atoms with Crippen LogP contribution in [0.1, 0.15) is 90.9 Å². The lowest BCUT2D eigenvalue weighted by Crippen LogP contribution is -2.34. The van der Waals surface area contributed by atoms with E-state index in [4.69, 9.17) is 5.11 Å². The Labute approximate surface area is 161 Å². The van der Waals surface area contributed by atoms with Crippen LogP contribution in [0.25, 0.3) is 0 Å². The summed E-state index contributed by atoms with van der Waals surface area (Å²) in [6.45, 7) is 4.04. The van der Waals surface area contributed by atoms with Crippen molar-refractivity contribution in [1.82, 2.24) is 5.32 Å². The molecule has 1 amide bonds. The number of aliphatic hydroxyl groups is 1. The van der Waals surface area contributed by atoms with Gasteiger partial charge >= 0.3 is 0 Å². The minimum Gasteiger partial charge on any atom is -0.394 e. The predicted molar refractivity (Wildman–Crippen MR) is 113 cm³/mol. The van der Waals surface area contributed by atoms with Crippen molar-refractivity contribution in [2.24, 2.45) is 0 Å². The van der Waals surface area contributed by atoms with Gasteiger partial charge in [-0.15, -0.1) is 0 Å². The number of nitrogens with one attached hydrogen (secondary N) is 1. The highest BCUT2D eigenvalue weighted by molar-refractivity contribution is 5.76. The number of unbranched alkanes of at least 4 members (excludes halogenated alkanes) is 7. The van der Waals surface area contributed by atoms with Gasteiger partial charge in [0.05, 0.1) is 6.61 Å². The van der Waals surface area contributed by atoms with Crippen LogP contribution in [0.5, 0.6) is 0 Å². The zero-order valence-electron chi connectivity index (χ0n) is 17.1. The number of aliphatic hydroxyl groups excluding tert-OH is 1. The molecule has 0 aromatic carbocycles. The van der Waals surface area contributed by atoms with E-state index in [1.54, 1.807) is 6.92 Å². The van der Waals surface area contributed by atoms with Crippen molar-refractivity contribution < 1.29 is 9.90 Å². The molecule has 0 aliphatic rings. The van der Waals surface area contributed by atoms with Gasteiger partial charge < -0.3 is 10.4 Å². The molecule has 0 fully saturated rings. The molecule has 0 radical (unpaired) electrons. The zero-order valence-corrected chi connectivity index (χ0v) is 17.1. The van der Waals surface area contributed by atoms with Crippen molar-refractivity contribution in [3.05, 3.63) is 36.5 Å². The van der Waals surface area contributed by atoms with Crippen molar-refractivity contribution in [3.8, 4) is 0 Å². The topological polar surface area (TPSA) is 49.3 Å². The van der Waals surface area contributed by atoms with E-state index >= 15 is 0 Å². The fourth-order valence-electron chi connectivity index (χ4n) is 2.55. The molecule has 0 saturated heterocycles. The third kappa shape index (κ3) is 19.0. The molecule has 0 unspecified atom stereocenters. The number of allylic oxidation sites excluding steroid dienone is 6. The molecule has 1 atom stereocenters. The first-order chi connectivity index (χ1) is 12.7. The summed E-state index contributed by atoms with van der Waals surface area (Å²) in [5.41, 5.74) is 0. The van der Waals surface area contributed by atoms with Crippen LogP contribution in [0, 0.1) is 0 Å². The Morgan fingerprint density at radius 2 is 1.35 bits per heavy atom. The standard InChI is InChI=1S/C23H41NO2/c1-3-4-5-6-7-8-9-10-11-12-13-14-15-16-17-18-19-20-23(26)24-22(2)21-25/h7-8,13-14,16-17,22,25H,3-6,9-12,15,18-21H2,1-2H3,(H,24,26)/b8-7-,14-13-,17-16-/t22-/m1/s1. The maximum absolute atomic E-state index is 11.5. The smallest absolute Gasteiger partial charge is 0.220 e. The lowest BCUT2D eigenvalue weighted by Gasteiger charge is -2.09. The van der Waals surface area contributed by atoms with Gasteiger partial charge in [-0.25, -0.2) is 0 Å². The highest BCUT2D eigenvalue weighted by Crippen LogP contribution is 2.05. The molecular formula is C23H41NO2. The molecular weight excluding hydrogens is 322 g/mol. The van der Waals surface area contributed by atoms with Gasteiger partial charge in [-0.1, -0.05) is 56.2 Å². The molecule has 0 aliphatic heterocycles. The van der Waals surface area contributed by atoms with Crippen LogP contribution in [0.3, 0.4) is 0 Å². The van der Waals surface area contributed by atoms with Crippen molar-refractivity contribution in [2.75, 3.05) is 6.61 Å². The molecule has 0 aliphatic carbocycles. The van der Waals surface area contributed by atoms with E-state index in [0.717, 1.165) is 19.3 Å². The average Bonchev–Trinajstić information content (AvgIpc) is 2.64. The van der Waals surface area contributed by atoms with E-state index in [1.165, 1.54) is 51.4 Å². The van der Waals surface area contributed by atoms with Gasteiger partial charge in [-0.3, -0.25) is 4.79 Å². The Balaban J connectivity index is 3.39. The monoisotopic (exact) mass is 363 g/mol. The quantitative estimate of drug-likeness (QED) is 0.251. The van der Waals surface area contributed by atoms with E-state index in [-0.39, 0.29) is 18.6 Å². The van der Waals surface area contributed by atoms with E-state index in [1.807, 2.05) is 0 Å². The van der Waals surface area contributed by atoms with E-state index in [0.29, 0.717) is 6.42 Å². The van der Waals surface area contributed by atoms with Crippen molar-refractivity contribution >= 4 is 5.91 Å². The second-order valence-electron chi connectivity index (χ2n) is 6.97. The highest BCUT2D eigenvalue weighted by atomic mass is 16.3. The summed E-state index contributed by atoms with van der Waals surface area (Å²) in [7, 11) is 0. The van der Waals surface area contributed by atoms with E-state index < -0.39 is 0 Å². The first kappa shape index (κ1) is 24.7. The summed E-state index contributed by atoms with van der Waals surface area (Å²) in [6, 6.07) is -0.148. The molecule has 3 nitrogen and oxygen atoms in total. The molecule has 0 bridgehead atoms. The lowest BCUT2D eigenvalue weighted by molar-refractivity contribution is -0.122.